The number of nitrogens with zero attached hydrogens (tertiary/aromatic N) is 4. The second-order valence-electron chi connectivity index (χ2n) is 9.53. The largest absolute Gasteiger partial charge is 0.419 e. The summed E-state index contributed by atoms with van der Waals surface area (Å²) in [6.07, 6.45) is -0.878. The van der Waals surface area contributed by atoms with Crippen LogP contribution in [0.25, 0.3) is 22.2 Å². The predicted octanol–water partition coefficient (Wildman–Crippen LogP) is 1.07. The van der Waals surface area contributed by atoms with Gasteiger partial charge in [0, 0.05) is 39.1 Å². The van der Waals surface area contributed by atoms with Crippen LogP contribution in [-0.4, -0.2) is 91.0 Å². The molecule has 0 bridgehead atoms. The Morgan fingerprint density at radius 3 is 2.51 bits per heavy atom. The van der Waals surface area contributed by atoms with Crippen LogP contribution in [0.3, 0.4) is 0 Å². The molecule has 1 aliphatic heterocycles. The molecule has 2 aromatic carbocycles. The van der Waals surface area contributed by atoms with Crippen molar-refractivity contribution in [1.29, 1.82) is 5.26 Å². The molecule has 0 saturated carbocycles. The van der Waals surface area contributed by atoms with Crippen molar-refractivity contribution >= 4 is 17.0 Å². The number of carbonyl (C=O) groups is 1. The fraction of sp³-hybridized carbons (Fsp3) is 0.444. The highest BCUT2D eigenvalue weighted by Crippen LogP contribution is 2.25. The van der Waals surface area contributed by atoms with Crippen LogP contribution >= 0.6 is 0 Å². The number of aromatic nitrogens is 1. The quantitative estimate of drug-likeness (QED) is 0.418. The second-order valence-corrected chi connectivity index (χ2v) is 9.53. The molecule has 3 aromatic rings. The number of nitrogens with one attached hydrogen (secondary N) is 1. The summed E-state index contributed by atoms with van der Waals surface area (Å²) in [5, 5.41) is 22.0. The number of amides is 1. The topological polar surface area (TPSA) is 124 Å². The van der Waals surface area contributed by atoms with Crippen molar-refractivity contribution in [1.82, 2.24) is 19.7 Å². The Balaban J connectivity index is 1.44. The number of aliphatic hydroxyl groups is 1. The first-order valence-corrected chi connectivity index (χ1v) is 12.4. The molecule has 1 aliphatic rings. The van der Waals surface area contributed by atoms with Gasteiger partial charge in [0.15, 0.2) is 5.58 Å². The third-order valence-electron chi connectivity index (χ3n) is 6.45. The second kappa shape index (κ2) is 12.2. The zero-order chi connectivity index (χ0) is 26.4. The Hall–Kier alpha value is -3.49. The van der Waals surface area contributed by atoms with E-state index in [2.05, 4.69) is 16.3 Å². The fourth-order valence-electron chi connectivity index (χ4n) is 4.41. The van der Waals surface area contributed by atoms with Gasteiger partial charge in [0.2, 0.25) is 0 Å². The normalized spacial score (nSPS) is 16.0. The van der Waals surface area contributed by atoms with Crippen LogP contribution in [0.15, 0.2) is 51.7 Å². The summed E-state index contributed by atoms with van der Waals surface area (Å²) in [5.74, 6) is -0.930. The van der Waals surface area contributed by atoms with Crippen LogP contribution in [-0.2, 0) is 22.5 Å². The van der Waals surface area contributed by atoms with Crippen LogP contribution in [0, 0.1) is 11.3 Å². The van der Waals surface area contributed by atoms with Crippen molar-refractivity contribution in [3.8, 4) is 17.2 Å². The van der Waals surface area contributed by atoms with E-state index < -0.39 is 18.1 Å². The van der Waals surface area contributed by atoms with Gasteiger partial charge in [0.1, 0.15) is 12.1 Å². The molecular formula is C27H33N5O5. The summed E-state index contributed by atoms with van der Waals surface area (Å²) >= 11 is 0. The van der Waals surface area contributed by atoms with Crippen molar-refractivity contribution in [2.75, 3.05) is 53.5 Å². The smallest absolute Gasteiger partial charge is 0.408 e. The first-order chi connectivity index (χ1) is 17.8. The molecule has 1 amide bonds. The van der Waals surface area contributed by atoms with Crippen molar-refractivity contribution in [3.63, 3.8) is 0 Å². The van der Waals surface area contributed by atoms with Crippen molar-refractivity contribution in [2.24, 2.45) is 0 Å². The zero-order valence-electron chi connectivity index (χ0n) is 21.2. The van der Waals surface area contributed by atoms with E-state index in [1.54, 1.807) is 23.6 Å². The molecule has 0 spiro atoms. The van der Waals surface area contributed by atoms with Crippen LogP contribution in [0.2, 0.25) is 0 Å². The van der Waals surface area contributed by atoms with Crippen LogP contribution in [0.4, 0.5) is 0 Å². The fourth-order valence-corrected chi connectivity index (χ4v) is 4.41. The summed E-state index contributed by atoms with van der Waals surface area (Å²) in [4.78, 5) is 28.6. The Kier molecular flexibility index (Phi) is 8.74. The molecule has 1 fully saturated rings. The molecule has 4 rings (SSSR count). The minimum absolute atomic E-state index is 0.181. The Bertz CT molecular complexity index is 1300. The highest BCUT2D eigenvalue weighted by atomic mass is 16.5. The van der Waals surface area contributed by atoms with E-state index in [1.165, 1.54) is 0 Å². The molecule has 2 N–H and O–H groups in total. The van der Waals surface area contributed by atoms with Crippen molar-refractivity contribution in [3.05, 3.63) is 58.6 Å². The molecule has 10 heteroatoms. The Morgan fingerprint density at radius 2 is 1.84 bits per heavy atom. The van der Waals surface area contributed by atoms with Gasteiger partial charge in [0.25, 0.3) is 5.91 Å². The number of benzene rings is 2. The summed E-state index contributed by atoms with van der Waals surface area (Å²) < 4.78 is 12.5. The lowest BCUT2D eigenvalue weighted by Gasteiger charge is -2.26. The highest BCUT2D eigenvalue weighted by Gasteiger charge is 2.20. The molecule has 0 unspecified atom stereocenters. The number of morpholine rings is 1. The highest BCUT2D eigenvalue weighted by molar-refractivity contribution is 5.82. The minimum atomic E-state index is -1.20. The number of hydrogen-bond acceptors (Lipinski definition) is 8. The van der Waals surface area contributed by atoms with E-state index in [4.69, 9.17) is 9.15 Å². The lowest BCUT2D eigenvalue weighted by molar-refractivity contribution is -0.130. The summed E-state index contributed by atoms with van der Waals surface area (Å²) in [6.45, 7) is 4.60. The van der Waals surface area contributed by atoms with Gasteiger partial charge in [-0.1, -0.05) is 30.3 Å². The number of rotatable bonds is 10. The van der Waals surface area contributed by atoms with Gasteiger partial charge < -0.3 is 24.5 Å². The predicted molar refractivity (Wildman–Crippen MR) is 139 cm³/mol. The number of likely N-dealkylation sites (N-methyl/N-ethyl adjacent to an activating group) is 1. The van der Waals surface area contributed by atoms with E-state index in [-0.39, 0.29) is 12.3 Å². The first kappa shape index (κ1) is 26.6. The van der Waals surface area contributed by atoms with Crippen LogP contribution < -0.4 is 11.1 Å². The molecule has 37 heavy (non-hydrogen) atoms. The SMILES string of the molecule is CN(C)C[C@H](O)C(=O)N[C@H](C#N)Cc1ccc(-c2ccc3oc(=O)n(CCN4CCOCC4)c3c2)cc1. The van der Waals surface area contributed by atoms with Crippen molar-refractivity contribution < 1.29 is 19.1 Å². The maximum absolute atomic E-state index is 12.5. The van der Waals surface area contributed by atoms with E-state index >= 15 is 0 Å². The molecule has 196 valence electrons. The maximum Gasteiger partial charge on any atom is 0.419 e. The summed E-state index contributed by atoms with van der Waals surface area (Å²) in [5.41, 5.74) is 4.08. The molecular weight excluding hydrogens is 474 g/mol. The molecule has 0 radical (unpaired) electrons. The van der Waals surface area contributed by atoms with Gasteiger partial charge in [-0.3, -0.25) is 14.3 Å². The average Bonchev–Trinajstić information content (AvgIpc) is 3.21. The minimum Gasteiger partial charge on any atom is -0.408 e. The maximum atomic E-state index is 12.5. The number of aliphatic hydroxyl groups excluding tert-OH is 1. The lowest BCUT2D eigenvalue weighted by atomic mass is 10.0. The van der Waals surface area contributed by atoms with E-state index in [9.17, 15) is 20.0 Å². The van der Waals surface area contributed by atoms with E-state index in [0.29, 0.717) is 31.8 Å². The summed E-state index contributed by atoms with van der Waals surface area (Å²) in [6, 6.07) is 14.7. The van der Waals surface area contributed by atoms with Gasteiger partial charge in [-0.15, -0.1) is 0 Å². The van der Waals surface area contributed by atoms with E-state index in [0.717, 1.165) is 41.8 Å². The summed E-state index contributed by atoms with van der Waals surface area (Å²) in [7, 11) is 3.52. The van der Waals surface area contributed by atoms with Crippen LogP contribution in [0.1, 0.15) is 5.56 Å². The molecule has 10 nitrogen and oxygen atoms in total. The lowest BCUT2D eigenvalue weighted by Crippen LogP contribution is -2.45. The third-order valence-corrected chi connectivity index (χ3v) is 6.45. The number of fused-ring (bicyclic) bond motifs is 1. The monoisotopic (exact) mass is 507 g/mol. The van der Waals surface area contributed by atoms with E-state index in [1.807, 2.05) is 42.5 Å². The third kappa shape index (κ3) is 6.84. The standard InChI is InChI=1S/C27H33N5O5/c1-30(2)18-24(33)26(34)29-22(17-28)15-19-3-5-20(6-4-19)21-7-8-25-23(16-21)32(27(35)37-25)10-9-31-11-13-36-14-12-31/h3-8,16,22,24,33H,9-15,18H2,1-2H3,(H,29,34)/t22-,24-/m0/s1. The van der Waals surface area contributed by atoms with Crippen LogP contribution in [0.5, 0.6) is 0 Å². The molecule has 2 atom stereocenters. The molecule has 2 heterocycles. The van der Waals surface area contributed by atoms with Gasteiger partial charge in [-0.25, -0.2) is 4.79 Å². The number of carbonyl (C=O) groups excluding carboxylic acids is 1. The number of oxazole rings is 1. The number of hydrogen-bond donors (Lipinski definition) is 2. The Morgan fingerprint density at radius 1 is 1.14 bits per heavy atom. The van der Waals surface area contributed by atoms with Gasteiger partial charge >= 0.3 is 5.76 Å². The first-order valence-electron chi connectivity index (χ1n) is 12.4. The molecule has 1 aromatic heterocycles. The average molecular weight is 508 g/mol. The number of nitriles is 1. The zero-order valence-corrected chi connectivity index (χ0v) is 21.2. The van der Waals surface area contributed by atoms with Gasteiger partial charge in [-0.2, -0.15) is 5.26 Å². The van der Waals surface area contributed by atoms with Gasteiger partial charge in [-0.05, 0) is 42.9 Å². The van der Waals surface area contributed by atoms with Gasteiger partial charge in [0.05, 0.1) is 24.8 Å². The number of ether oxygens (including phenoxy) is 1. The Labute approximate surface area is 215 Å². The van der Waals surface area contributed by atoms with Crippen molar-refractivity contribution in [2.45, 2.75) is 25.1 Å². The molecule has 1 saturated heterocycles. The molecule has 0 aliphatic carbocycles.